The molecule has 3 unspecified atom stereocenters. The Hall–Kier alpha value is -2.73. The van der Waals surface area contributed by atoms with E-state index in [1.54, 1.807) is 0 Å². The first kappa shape index (κ1) is 27.3. The number of fused-ring (bicyclic) bond motifs is 3. The summed E-state index contributed by atoms with van der Waals surface area (Å²) in [4.78, 5) is 14.1. The molecule has 2 aromatic rings. The third-order valence-electron chi connectivity index (χ3n) is 7.22. The molecule has 2 N–H and O–H groups in total. The molecule has 1 aliphatic heterocycles. The molecular weight excluding hydrogens is 519 g/mol. The minimum atomic E-state index is -5.20. The number of carbonyl (C=O) groups is 1. The van der Waals surface area contributed by atoms with Crippen molar-refractivity contribution in [2.45, 2.75) is 66.7 Å². The quantitative estimate of drug-likeness (QED) is 0.431. The van der Waals surface area contributed by atoms with Crippen molar-refractivity contribution in [2.24, 2.45) is 0 Å². The van der Waals surface area contributed by atoms with Gasteiger partial charge < -0.3 is 15.3 Å². The molecule has 0 radical (unpaired) electrons. The number of likely N-dealkylation sites (tertiary alicyclic amines) is 1. The number of nitrogens with zero attached hydrogens (tertiary/aromatic N) is 1. The van der Waals surface area contributed by atoms with Gasteiger partial charge in [0.2, 0.25) is 5.67 Å². The molecule has 0 spiro atoms. The Labute approximate surface area is 211 Å². The summed E-state index contributed by atoms with van der Waals surface area (Å²) in [5, 5.41) is 12.5. The smallest absolute Gasteiger partial charge is 0.389 e. The van der Waals surface area contributed by atoms with Gasteiger partial charge in [0.25, 0.3) is 0 Å². The standard InChI is InChI=1S/C25H27F5N2O4S/c1-22(2,34)14-31-21(33)32-11-10-24(37(35,36)18-7-5-17(26)6-8-18)19-9-4-16(12-15(19)13-20(24)32)23(3,27)25(28,29)30/h4-9,12,20,34H,10-11,13-14H2,1-3H3,(H,31,33). The zero-order chi connectivity index (χ0) is 27.6. The Morgan fingerprint density at radius 3 is 2.30 bits per heavy atom. The Kier molecular flexibility index (Phi) is 6.39. The molecule has 12 heteroatoms. The van der Waals surface area contributed by atoms with Gasteiger partial charge in [0.1, 0.15) is 10.6 Å². The summed E-state index contributed by atoms with van der Waals surface area (Å²) in [5.74, 6) is -0.655. The lowest BCUT2D eigenvalue weighted by Gasteiger charge is -2.33. The van der Waals surface area contributed by atoms with E-state index in [9.17, 15) is 40.3 Å². The van der Waals surface area contributed by atoms with Crippen molar-refractivity contribution in [1.82, 2.24) is 10.2 Å². The largest absolute Gasteiger partial charge is 0.426 e. The molecule has 37 heavy (non-hydrogen) atoms. The van der Waals surface area contributed by atoms with E-state index in [1.165, 1.54) is 24.8 Å². The summed E-state index contributed by atoms with van der Waals surface area (Å²) >= 11 is 0. The lowest BCUT2D eigenvalue weighted by molar-refractivity contribution is -0.228. The van der Waals surface area contributed by atoms with Crippen molar-refractivity contribution in [3.8, 4) is 0 Å². The predicted octanol–water partition coefficient (Wildman–Crippen LogP) is 4.35. The van der Waals surface area contributed by atoms with Crippen LogP contribution in [0.25, 0.3) is 0 Å². The molecule has 2 aromatic carbocycles. The molecule has 1 saturated heterocycles. The van der Waals surface area contributed by atoms with Crippen molar-refractivity contribution < 1.29 is 40.3 Å². The maximum absolute atomic E-state index is 14.8. The number of urea groups is 1. The number of alkyl halides is 4. The summed E-state index contributed by atoms with van der Waals surface area (Å²) < 4.78 is 94.9. The van der Waals surface area contributed by atoms with Crippen LogP contribution in [-0.2, 0) is 26.7 Å². The van der Waals surface area contributed by atoms with E-state index < -0.39 is 55.5 Å². The second-order valence-electron chi connectivity index (χ2n) is 10.4. The molecule has 4 rings (SSSR count). The van der Waals surface area contributed by atoms with Gasteiger partial charge in [0.15, 0.2) is 9.84 Å². The Morgan fingerprint density at radius 2 is 1.73 bits per heavy atom. The average molecular weight is 547 g/mol. The monoisotopic (exact) mass is 546 g/mol. The number of hydrogen-bond acceptors (Lipinski definition) is 4. The van der Waals surface area contributed by atoms with E-state index in [4.69, 9.17) is 0 Å². The Bertz CT molecular complexity index is 1320. The van der Waals surface area contributed by atoms with Crippen molar-refractivity contribution in [2.75, 3.05) is 13.1 Å². The van der Waals surface area contributed by atoms with Crippen LogP contribution in [0.1, 0.15) is 43.9 Å². The fourth-order valence-corrected chi connectivity index (χ4v) is 7.54. The molecular formula is C25H27F5N2O4S. The molecule has 0 saturated carbocycles. The SMILES string of the molecule is CC(C)(O)CNC(=O)N1CCC2(S(=O)(=O)c3ccc(F)cc3)c3ccc(C(C)(F)C(F)(F)F)cc3CC12. The number of halogens is 5. The van der Waals surface area contributed by atoms with Crippen LogP contribution < -0.4 is 5.32 Å². The summed E-state index contributed by atoms with van der Waals surface area (Å²) in [7, 11) is -4.31. The van der Waals surface area contributed by atoms with Crippen molar-refractivity contribution in [1.29, 1.82) is 0 Å². The van der Waals surface area contributed by atoms with Crippen LogP contribution in [0.2, 0.25) is 0 Å². The number of nitrogens with one attached hydrogen (secondary N) is 1. The molecule has 1 heterocycles. The number of benzene rings is 2. The number of amides is 2. The summed E-state index contributed by atoms with van der Waals surface area (Å²) in [6.07, 6.45) is -5.41. The Balaban J connectivity index is 1.84. The molecule has 0 aromatic heterocycles. The number of carbonyl (C=O) groups excluding carboxylic acids is 1. The van der Waals surface area contributed by atoms with Gasteiger partial charge in [-0.1, -0.05) is 18.2 Å². The van der Waals surface area contributed by atoms with Gasteiger partial charge in [-0.05, 0) is 74.6 Å². The number of sulfone groups is 1. The van der Waals surface area contributed by atoms with E-state index in [-0.39, 0.29) is 42.0 Å². The van der Waals surface area contributed by atoms with Gasteiger partial charge in [-0.2, -0.15) is 13.2 Å². The maximum Gasteiger partial charge on any atom is 0.426 e. The van der Waals surface area contributed by atoms with Crippen LogP contribution in [0.15, 0.2) is 47.4 Å². The van der Waals surface area contributed by atoms with E-state index in [1.807, 2.05) is 0 Å². The third kappa shape index (κ3) is 4.37. The zero-order valence-electron chi connectivity index (χ0n) is 20.4. The Morgan fingerprint density at radius 1 is 1.11 bits per heavy atom. The lowest BCUT2D eigenvalue weighted by Crippen LogP contribution is -2.51. The van der Waals surface area contributed by atoms with Crippen molar-refractivity contribution in [3.63, 3.8) is 0 Å². The molecule has 2 aliphatic rings. The van der Waals surface area contributed by atoms with Gasteiger partial charge in [0.05, 0.1) is 16.5 Å². The second kappa shape index (κ2) is 8.65. The molecule has 1 fully saturated rings. The van der Waals surface area contributed by atoms with Crippen LogP contribution in [0.5, 0.6) is 0 Å². The maximum atomic E-state index is 14.8. The van der Waals surface area contributed by atoms with Crippen LogP contribution in [0.4, 0.5) is 26.7 Å². The predicted molar refractivity (Wildman–Crippen MR) is 125 cm³/mol. The van der Waals surface area contributed by atoms with Crippen molar-refractivity contribution in [3.05, 3.63) is 65.0 Å². The molecule has 202 valence electrons. The number of hydrogen-bond donors (Lipinski definition) is 2. The first-order chi connectivity index (χ1) is 16.9. The molecule has 2 amide bonds. The van der Waals surface area contributed by atoms with Crippen LogP contribution in [-0.4, -0.2) is 55.4 Å². The van der Waals surface area contributed by atoms with E-state index in [0.29, 0.717) is 6.92 Å². The van der Waals surface area contributed by atoms with Crippen molar-refractivity contribution >= 4 is 15.9 Å². The van der Waals surface area contributed by atoms with E-state index in [2.05, 4.69) is 5.32 Å². The average Bonchev–Trinajstić information content (AvgIpc) is 3.32. The highest BCUT2D eigenvalue weighted by molar-refractivity contribution is 7.92. The highest BCUT2D eigenvalue weighted by Gasteiger charge is 2.63. The molecule has 0 bridgehead atoms. The number of rotatable bonds is 5. The molecule has 3 atom stereocenters. The first-order valence-electron chi connectivity index (χ1n) is 11.6. The van der Waals surface area contributed by atoms with Gasteiger partial charge >= 0.3 is 12.2 Å². The molecule has 1 aliphatic carbocycles. The minimum absolute atomic E-state index is 0.00729. The topological polar surface area (TPSA) is 86.7 Å². The summed E-state index contributed by atoms with van der Waals surface area (Å²) in [5.41, 5.74) is -5.23. The third-order valence-corrected chi connectivity index (χ3v) is 9.77. The number of aliphatic hydroxyl groups is 1. The fourth-order valence-electron chi connectivity index (χ4n) is 5.21. The lowest BCUT2D eigenvalue weighted by atomic mass is 9.91. The fraction of sp³-hybridized carbons (Fsp3) is 0.480. The highest BCUT2D eigenvalue weighted by atomic mass is 32.2. The van der Waals surface area contributed by atoms with Gasteiger partial charge in [-0.15, -0.1) is 0 Å². The normalized spacial score (nSPS) is 23.4. The summed E-state index contributed by atoms with van der Waals surface area (Å²) in [6, 6.07) is 5.62. The van der Waals surface area contributed by atoms with Gasteiger partial charge in [0, 0.05) is 13.1 Å². The zero-order valence-corrected chi connectivity index (χ0v) is 21.2. The highest BCUT2D eigenvalue weighted by Crippen LogP contribution is 2.55. The molecule has 6 nitrogen and oxygen atoms in total. The van der Waals surface area contributed by atoms with Crippen LogP contribution in [0.3, 0.4) is 0 Å². The van der Waals surface area contributed by atoms with Crippen LogP contribution >= 0.6 is 0 Å². The van der Waals surface area contributed by atoms with Gasteiger partial charge in [-0.3, -0.25) is 0 Å². The van der Waals surface area contributed by atoms with E-state index in [0.717, 1.165) is 36.4 Å². The minimum Gasteiger partial charge on any atom is -0.389 e. The van der Waals surface area contributed by atoms with E-state index >= 15 is 0 Å². The second-order valence-corrected chi connectivity index (χ2v) is 12.6. The first-order valence-corrected chi connectivity index (χ1v) is 13.1. The van der Waals surface area contributed by atoms with Gasteiger partial charge in [-0.25, -0.2) is 22.0 Å². The van der Waals surface area contributed by atoms with Crippen LogP contribution in [0, 0.1) is 5.82 Å². The summed E-state index contributed by atoms with van der Waals surface area (Å²) in [6.45, 7) is 3.22.